The van der Waals surface area contributed by atoms with Crippen LogP contribution in [0.2, 0.25) is 5.02 Å². The Balaban J connectivity index is 1.87. The van der Waals surface area contributed by atoms with Gasteiger partial charge >= 0.3 is 11.8 Å². The van der Waals surface area contributed by atoms with Gasteiger partial charge in [-0.05, 0) is 56.2 Å². The largest absolute Gasteiger partial charge is 0.490 e. The van der Waals surface area contributed by atoms with Crippen LogP contribution in [0, 0.1) is 5.82 Å². The van der Waals surface area contributed by atoms with E-state index in [1.165, 1.54) is 12.1 Å². The quantitative estimate of drug-likeness (QED) is 0.654. The van der Waals surface area contributed by atoms with Gasteiger partial charge in [-0.3, -0.25) is 9.59 Å². The highest BCUT2D eigenvalue weighted by Crippen LogP contribution is 2.28. The summed E-state index contributed by atoms with van der Waals surface area (Å²) in [4.78, 5) is 23.8. The number of hydrogen-bond acceptors (Lipinski definition) is 4. The minimum atomic E-state index is -0.857. The average molecular weight is 409 g/mol. The molecule has 2 amide bonds. The fourth-order valence-electron chi connectivity index (χ4n) is 2.41. The lowest BCUT2D eigenvalue weighted by Gasteiger charge is -2.12. The van der Waals surface area contributed by atoms with Crippen molar-refractivity contribution >= 4 is 29.1 Å². The zero-order valence-corrected chi connectivity index (χ0v) is 16.4. The summed E-state index contributed by atoms with van der Waals surface area (Å²) >= 11 is 5.65. The van der Waals surface area contributed by atoms with Crippen molar-refractivity contribution < 1.29 is 23.5 Å². The van der Waals surface area contributed by atoms with Crippen molar-refractivity contribution in [2.24, 2.45) is 0 Å². The first-order valence-electron chi connectivity index (χ1n) is 8.87. The van der Waals surface area contributed by atoms with Crippen molar-refractivity contribution in [2.75, 3.05) is 25.1 Å². The van der Waals surface area contributed by atoms with E-state index in [0.29, 0.717) is 31.1 Å². The molecule has 2 rings (SSSR count). The van der Waals surface area contributed by atoms with E-state index in [2.05, 4.69) is 10.6 Å². The van der Waals surface area contributed by atoms with Gasteiger partial charge < -0.3 is 20.1 Å². The van der Waals surface area contributed by atoms with Crippen LogP contribution < -0.4 is 20.1 Å². The number of carbonyl (C=O) groups is 2. The maximum Gasteiger partial charge on any atom is 0.313 e. The van der Waals surface area contributed by atoms with Crippen molar-refractivity contribution in [2.45, 2.75) is 20.3 Å². The highest BCUT2D eigenvalue weighted by Gasteiger charge is 2.14. The van der Waals surface area contributed by atoms with E-state index >= 15 is 0 Å². The molecule has 2 aromatic carbocycles. The standard InChI is InChI=1S/C20H22ClFN2O4/c1-3-27-17-8-5-13(11-18(17)28-4-2)9-10-23-19(25)20(26)24-14-6-7-16(22)15(21)12-14/h5-8,11-12H,3-4,9-10H2,1-2H3,(H,23,25)(H,24,26). The van der Waals surface area contributed by atoms with E-state index in [9.17, 15) is 14.0 Å². The van der Waals surface area contributed by atoms with Crippen molar-refractivity contribution in [3.05, 3.63) is 52.8 Å². The highest BCUT2D eigenvalue weighted by molar-refractivity contribution is 6.39. The molecule has 0 fully saturated rings. The Kier molecular flexibility index (Phi) is 8.07. The van der Waals surface area contributed by atoms with Crippen LogP contribution in [0.15, 0.2) is 36.4 Å². The SMILES string of the molecule is CCOc1ccc(CCNC(=O)C(=O)Nc2ccc(F)c(Cl)c2)cc1OCC. The topological polar surface area (TPSA) is 76.7 Å². The smallest absolute Gasteiger partial charge is 0.313 e. The van der Waals surface area contributed by atoms with Gasteiger partial charge in [0.25, 0.3) is 0 Å². The fraction of sp³-hybridized carbons (Fsp3) is 0.300. The Morgan fingerprint density at radius 1 is 1.00 bits per heavy atom. The van der Waals surface area contributed by atoms with Crippen LogP contribution in [0.5, 0.6) is 11.5 Å². The predicted octanol–water partition coefficient (Wildman–Crippen LogP) is 3.57. The third-order valence-corrected chi connectivity index (χ3v) is 3.98. The van der Waals surface area contributed by atoms with Gasteiger partial charge in [0, 0.05) is 12.2 Å². The normalized spacial score (nSPS) is 10.3. The van der Waals surface area contributed by atoms with E-state index in [4.69, 9.17) is 21.1 Å². The summed E-state index contributed by atoms with van der Waals surface area (Å²) in [6.07, 6.45) is 0.508. The van der Waals surface area contributed by atoms with Gasteiger partial charge in [0.05, 0.1) is 18.2 Å². The van der Waals surface area contributed by atoms with Gasteiger partial charge in [-0.1, -0.05) is 17.7 Å². The molecule has 0 aromatic heterocycles. The van der Waals surface area contributed by atoms with Crippen LogP contribution in [-0.4, -0.2) is 31.6 Å². The van der Waals surface area contributed by atoms with Gasteiger partial charge in [-0.25, -0.2) is 4.39 Å². The van der Waals surface area contributed by atoms with Gasteiger partial charge in [-0.2, -0.15) is 0 Å². The molecule has 28 heavy (non-hydrogen) atoms. The third-order valence-electron chi connectivity index (χ3n) is 3.69. The number of ether oxygens (including phenoxy) is 2. The minimum absolute atomic E-state index is 0.140. The predicted molar refractivity (Wildman–Crippen MR) is 106 cm³/mol. The fourth-order valence-corrected chi connectivity index (χ4v) is 2.59. The second-order valence-corrected chi connectivity index (χ2v) is 6.14. The second-order valence-electron chi connectivity index (χ2n) is 5.74. The summed E-state index contributed by atoms with van der Waals surface area (Å²) in [5.74, 6) is -0.958. The van der Waals surface area contributed by atoms with E-state index in [1.807, 2.05) is 32.0 Å². The number of anilines is 1. The molecule has 0 atom stereocenters. The summed E-state index contributed by atoms with van der Waals surface area (Å²) in [7, 11) is 0. The molecule has 0 radical (unpaired) electrons. The number of carbonyl (C=O) groups excluding carboxylic acids is 2. The number of amides is 2. The number of hydrogen-bond donors (Lipinski definition) is 2. The summed E-state index contributed by atoms with van der Waals surface area (Å²) in [5, 5.41) is 4.77. The molecule has 0 bridgehead atoms. The van der Waals surface area contributed by atoms with Crippen molar-refractivity contribution in [1.29, 1.82) is 0 Å². The lowest BCUT2D eigenvalue weighted by atomic mass is 10.1. The molecule has 0 aliphatic carbocycles. The van der Waals surface area contributed by atoms with Crippen molar-refractivity contribution in [3.8, 4) is 11.5 Å². The zero-order chi connectivity index (χ0) is 20.5. The molecule has 150 valence electrons. The molecule has 0 aliphatic rings. The maximum absolute atomic E-state index is 13.1. The van der Waals surface area contributed by atoms with Gasteiger partial charge in [0.1, 0.15) is 5.82 Å². The lowest BCUT2D eigenvalue weighted by Crippen LogP contribution is -2.36. The van der Waals surface area contributed by atoms with Crippen LogP contribution in [0.1, 0.15) is 19.4 Å². The summed E-state index contributed by atoms with van der Waals surface area (Å²) < 4.78 is 24.2. The van der Waals surface area contributed by atoms with Gasteiger partial charge in [0.15, 0.2) is 11.5 Å². The molecule has 0 spiro atoms. The molecule has 0 aliphatic heterocycles. The number of nitrogens with one attached hydrogen (secondary N) is 2. The molecule has 8 heteroatoms. The Labute approximate surface area is 168 Å². The van der Waals surface area contributed by atoms with Gasteiger partial charge in [0.2, 0.25) is 0 Å². The van der Waals surface area contributed by atoms with Gasteiger partial charge in [-0.15, -0.1) is 0 Å². The summed E-state index contributed by atoms with van der Waals surface area (Å²) in [6, 6.07) is 9.20. The Morgan fingerprint density at radius 3 is 2.39 bits per heavy atom. The molecule has 2 N–H and O–H groups in total. The minimum Gasteiger partial charge on any atom is -0.490 e. The third kappa shape index (κ3) is 6.13. The lowest BCUT2D eigenvalue weighted by molar-refractivity contribution is -0.136. The molecule has 0 saturated carbocycles. The summed E-state index contributed by atoms with van der Waals surface area (Å²) in [5.41, 5.74) is 1.16. The highest BCUT2D eigenvalue weighted by atomic mass is 35.5. The van der Waals surface area contributed by atoms with E-state index in [-0.39, 0.29) is 17.3 Å². The monoisotopic (exact) mass is 408 g/mol. The molecule has 0 saturated heterocycles. The first-order chi connectivity index (χ1) is 13.4. The second kappa shape index (κ2) is 10.5. The number of halogens is 2. The average Bonchev–Trinajstić information content (AvgIpc) is 2.67. The Hall–Kier alpha value is -2.80. The number of rotatable bonds is 8. The van der Waals surface area contributed by atoms with Crippen molar-refractivity contribution in [1.82, 2.24) is 5.32 Å². The van der Waals surface area contributed by atoms with Crippen LogP contribution in [0.25, 0.3) is 0 Å². The Bertz CT molecular complexity index is 845. The first kappa shape index (κ1) is 21.5. The summed E-state index contributed by atoms with van der Waals surface area (Å²) in [6.45, 7) is 5.08. The first-order valence-corrected chi connectivity index (χ1v) is 9.25. The molecule has 2 aromatic rings. The van der Waals surface area contributed by atoms with Crippen LogP contribution in [-0.2, 0) is 16.0 Å². The Morgan fingerprint density at radius 2 is 1.71 bits per heavy atom. The molecular formula is C20H22ClFN2O4. The van der Waals surface area contributed by atoms with Crippen LogP contribution in [0.3, 0.4) is 0 Å². The molecule has 6 nitrogen and oxygen atoms in total. The van der Waals surface area contributed by atoms with E-state index in [0.717, 1.165) is 11.6 Å². The van der Waals surface area contributed by atoms with Crippen LogP contribution >= 0.6 is 11.6 Å². The molecule has 0 unspecified atom stereocenters. The zero-order valence-electron chi connectivity index (χ0n) is 15.7. The maximum atomic E-state index is 13.1. The van der Waals surface area contributed by atoms with Crippen molar-refractivity contribution in [3.63, 3.8) is 0 Å². The number of benzene rings is 2. The van der Waals surface area contributed by atoms with Crippen LogP contribution in [0.4, 0.5) is 10.1 Å². The van der Waals surface area contributed by atoms with E-state index < -0.39 is 17.6 Å². The van der Waals surface area contributed by atoms with E-state index in [1.54, 1.807) is 0 Å². The molecule has 0 heterocycles. The molecular weight excluding hydrogens is 387 g/mol.